The molecule has 1 aromatic carbocycles. The zero-order valence-electron chi connectivity index (χ0n) is 15.2. The summed E-state index contributed by atoms with van der Waals surface area (Å²) in [5.74, 6) is -1.43. The Kier molecular flexibility index (Phi) is 7.78. The lowest BCUT2D eigenvalue weighted by molar-refractivity contribution is -0.174. The molecule has 152 valence electrons. The maximum Gasteiger partial charge on any atom is 0.411 e. The van der Waals surface area contributed by atoms with Crippen molar-refractivity contribution in [2.45, 2.75) is 12.6 Å². The molecule has 0 bridgehead atoms. The molecule has 10 heteroatoms. The van der Waals surface area contributed by atoms with Gasteiger partial charge >= 0.3 is 18.0 Å². The highest BCUT2D eigenvalue weighted by Crippen LogP contribution is 2.14. The van der Waals surface area contributed by atoms with Crippen LogP contribution in [0.15, 0.2) is 24.3 Å². The highest BCUT2D eigenvalue weighted by molar-refractivity contribution is 6.39. The van der Waals surface area contributed by atoms with E-state index >= 15 is 0 Å². The van der Waals surface area contributed by atoms with Crippen molar-refractivity contribution in [3.8, 4) is 6.07 Å². The fraction of sp³-hybridized carbons (Fsp3) is 0.500. The van der Waals surface area contributed by atoms with Gasteiger partial charge in [-0.2, -0.15) is 18.4 Å². The van der Waals surface area contributed by atoms with Crippen LogP contribution in [0.25, 0.3) is 0 Å². The van der Waals surface area contributed by atoms with Gasteiger partial charge in [-0.3, -0.25) is 14.5 Å². The fourth-order valence-electron chi connectivity index (χ4n) is 2.75. The molecule has 0 saturated carbocycles. The molecule has 1 fully saturated rings. The van der Waals surface area contributed by atoms with Crippen LogP contribution in [0.3, 0.4) is 0 Å². The van der Waals surface area contributed by atoms with Gasteiger partial charge in [0, 0.05) is 45.0 Å². The van der Waals surface area contributed by atoms with Crippen LogP contribution in [-0.4, -0.2) is 73.7 Å². The van der Waals surface area contributed by atoms with Gasteiger partial charge in [0.25, 0.3) is 0 Å². The monoisotopic (exact) mass is 398 g/mol. The first-order valence-electron chi connectivity index (χ1n) is 8.76. The van der Waals surface area contributed by atoms with Crippen LogP contribution < -0.4 is 5.32 Å². The van der Waals surface area contributed by atoms with Crippen LogP contribution in [0.1, 0.15) is 12.0 Å². The van der Waals surface area contributed by atoms with Crippen LogP contribution in [0, 0.1) is 11.3 Å². The minimum Gasteiger partial charge on any atom is -0.372 e. The standard InChI is InChI=1S/C18H21F3N4O3/c19-18(20,21)13-28-10-2-5-24-6-8-25(9-7-24)17(27)16(26)23-15-4-1-3-14(11-15)12-22/h1,3-4,11H,2,5-10,13H2,(H,23,26). The van der Waals surface area contributed by atoms with E-state index in [0.717, 1.165) is 0 Å². The van der Waals surface area contributed by atoms with Gasteiger partial charge in [-0.1, -0.05) is 6.07 Å². The molecule has 2 rings (SSSR count). The molecular formula is C18H21F3N4O3. The largest absolute Gasteiger partial charge is 0.411 e. The highest BCUT2D eigenvalue weighted by Gasteiger charge is 2.28. The van der Waals surface area contributed by atoms with Crippen LogP contribution in [0.2, 0.25) is 0 Å². The van der Waals surface area contributed by atoms with Crippen molar-refractivity contribution >= 4 is 17.5 Å². The van der Waals surface area contributed by atoms with Crippen molar-refractivity contribution in [1.29, 1.82) is 5.26 Å². The summed E-state index contributed by atoms with van der Waals surface area (Å²) in [4.78, 5) is 27.8. The van der Waals surface area contributed by atoms with E-state index in [0.29, 0.717) is 50.4 Å². The molecule has 28 heavy (non-hydrogen) atoms. The number of nitrogens with zero attached hydrogens (tertiary/aromatic N) is 3. The van der Waals surface area contributed by atoms with E-state index in [4.69, 9.17) is 5.26 Å². The number of piperazine rings is 1. The topological polar surface area (TPSA) is 85.7 Å². The molecule has 7 nitrogen and oxygen atoms in total. The first-order valence-corrected chi connectivity index (χ1v) is 8.76. The number of halogens is 3. The maximum atomic E-state index is 12.3. The number of nitriles is 1. The van der Waals surface area contributed by atoms with E-state index in [9.17, 15) is 22.8 Å². The second-order valence-electron chi connectivity index (χ2n) is 6.30. The molecule has 0 radical (unpaired) electrons. The zero-order chi connectivity index (χ0) is 20.6. The van der Waals surface area contributed by atoms with E-state index in [1.165, 1.54) is 11.0 Å². The predicted molar refractivity (Wildman–Crippen MR) is 94.3 cm³/mol. The molecular weight excluding hydrogens is 377 g/mol. The van der Waals surface area contributed by atoms with Crippen LogP contribution in [0.5, 0.6) is 0 Å². The van der Waals surface area contributed by atoms with Gasteiger partial charge < -0.3 is 15.0 Å². The van der Waals surface area contributed by atoms with Crippen molar-refractivity contribution < 1.29 is 27.5 Å². The smallest absolute Gasteiger partial charge is 0.372 e. The lowest BCUT2D eigenvalue weighted by Crippen LogP contribution is -2.51. The summed E-state index contributed by atoms with van der Waals surface area (Å²) in [5, 5.41) is 11.3. The summed E-state index contributed by atoms with van der Waals surface area (Å²) in [5.41, 5.74) is 0.743. The molecule has 1 saturated heterocycles. The highest BCUT2D eigenvalue weighted by atomic mass is 19.4. The lowest BCUT2D eigenvalue weighted by atomic mass is 10.2. The number of amides is 2. The third-order valence-electron chi connectivity index (χ3n) is 4.13. The third-order valence-corrected chi connectivity index (χ3v) is 4.13. The van der Waals surface area contributed by atoms with Gasteiger partial charge in [0.15, 0.2) is 0 Å². The molecule has 0 unspecified atom stereocenters. The lowest BCUT2D eigenvalue weighted by Gasteiger charge is -2.34. The third kappa shape index (κ3) is 7.17. The summed E-state index contributed by atoms with van der Waals surface area (Å²) in [6.07, 6.45) is -3.86. The summed E-state index contributed by atoms with van der Waals surface area (Å²) >= 11 is 0. The number of ether oxygens (including phenoxy) is 1. The zero-order valence-corrected chi connectivity index (χ0v) is 15.2. The number of carbonyl (C=O) groups is 2. The van der Waals surface area contributed by atoms with E-state index in [1.54, 1.807) is 18.2 Å². The van der Waals surface area contributed by atoms with Crippen molar-refractivity contribution in [3.63, 3.8) is 0 Å². The Bertz CT molecular complexity index is 726. The fourth-order valence-corrected chi connectivity index (χ4v) is 2.75. The van der Waals surface area contributed by atoms with Gasteiger partial charge in [-0.15, -0.1) is 0 Å². The minimum atomic E-state index is -4.32. The summed E-state index contributed by atoms with van der Waals surface area (Å²) in [6.45, 7) is 1.10. The first-order chi connectivity index (χ1) is 13.3. The Balaban J connectivity index is 1.69. The van der Waals surface area contributed by atoms with Crippen LogP contribution in [0.4, 0.5) is 18.9 Å². The second kappa shape index (κ2) is 10.1. The molecule has 1 aliphatic heterocycles. The minimum absolute atomic E-state index is 0.0167. The quantitative estimate of drug-likeness (QED) is 0.581. The summed E-state index contributed by atoms with van der Waals surface area (Å²) in [6, 6.07) is 8.21. The average molecular weight is 398 g/mol. The molecule has 1 N–H and O–H groups in total. The van der Waals surface area contributed by atoms with Crippen molar-refractivity contribution in [1.82, 2.24) is 9.80 Å². The number of carbonyl (C=O) groups excluding carboxylic acids is 2. The number of hydrogen-bond donors (Lipinski definition) is 1. The van der Waals surface area contributed by atoms with E-state index in [-0.39, 0.29) is 6.61 Å². The Labute approximate surface area is 160 Å². The maximum absolute atomic E-state index is 12.3. The number of hydrogen-bond acceptors (Lipinski definition) is 5. The van der Waals surface area contributed by atoms with Crippen LogP contribution >= 0.6 is 0 Å². The first kappa shape index (κ1) is 21.7. The number of benzene rings is 1. The molecule has 0 spiro atoms. The SMILES string of the molecule is N#Cc1cccc(NC(=O)C(=O)N2CCN(CCCOCC(F)(F)F)CC2)c1. The number of alkyl halides is 3. The van der Waals surface area contributed by atoms with Gasteiger partial charge in [0.2, 0.25) is 0 Å². The molecule has 0 aromatic heterocycles. The molecule has 1 aromatic rings. The molecule has 1 heterocycles. The van der Waals surface area contributed by atoms with Crippen molar-refractivity contribution in [2.24, 2.45) is 0 Å². The molecule has 0 atom stereocenters. The normalized spacial score (nSPS) is 15.1. The Morgan fingerprint density at radius 1 is 1.21 bits per heavy atom. The van der Waals surface area contributed by atoms with Crippen LogP contribution in [-0.2, 0) is 14.3 Å². The number of nitrogens with one attached hydrogen (secondary N) is 1. The molecule has 1 aliphatic rings. The Hall–Kier alpha value is -2.64. The number of anilines is 1. The molecule has 0 aliphatic carbocycles. The summed E-state index contributed by atoms with van der Waals surface area (Å²) in [7, 11) is 0. The summed E-state index contributed by atoms with van der Waals surface area (Å²) < 4.78 is 40.5. The van der Waals surface area contributed by atoms with Gasteiger partial charge in [0.1, 0.15) is 6.61 Å². The van der Waals surface area contributed by atoms with Crippen molar-refractivity contribution in [3.05, 3.63) is 29.8 Å². The van der Waals surface area contributed by atoms with Gasteiger partial charge in [0.05, 0.1) is 11.6 Å². The average Bonchev–Trinajstić information content (AvgIpc) is 2.67. The predicted octanol–water partition coefficient (Wildman–Crippen LogP) is 1.61. The second-order valence-corrected chi connectivity index (χ2v) is 6.30. The van der Waals surface area contributed by atoms with E-state index in [1.807, 2.05) is 11.0 Å². The van der Waals surface area contributed by atoms with Crippen molar-refractivity contribution in [2.75, 3.05) is 51.3 Å². The van der Waals surface area contributed by atoms with Gasteiger partial charge in [-0.25, -0.2) is 0 Å². The van der Waals surface area contributed by atoms with E-state index in [2.05, 4.69) is 10.1 Å². The van der Waals surface area contributed by atoms with E-state index < -0.39 is 24.6 Å². The molecule has 2 amide bonds. The Morgan fingerprint density at radius 3 is 2.57 bits per heavy atom. The number of rotatable bonds is 6. The Morgan fingerprint density at radius 2 is 1.93 bits per heavy atom. The van der Waals surface area contributed by atoms with Gasteiger partial charge in [-0.05, 0) is 24.6 Å².